The molecule has 1 amide bonds. The van der Waals surface area contributed by atoms with Gasteiger partial charge in [0.2, 0.25) is 5.95 Å². The summed E-state index contributed by atoms with van der Waals surface area (Å²) in [6.45, 7) is 5.46. The van der Waals surface area contributed by atoms with Gasteiger partial charge in [0.05, 0.1) is 5.56 Å². The molecule has 0 radical (unpaired) electrons. The lowest BCUT2D eigenvalue weighted by Crippen LogP contribution is -2.35. The summed E-state index contributed by atoms with van der Waals surface area (Å²) in [5.74, 6) is 1.26. The fraction of sp³-hybridized carbons (Fsp3) is 0.667. The Balaban J connectivity index is 1.87. The first-order chi connectivity index (χ1) is 10.2. The predicted octanol–water partition coefficient (Wildman–Crippen LogP) is 1.48. The highest BCUT2D eigenvalue weighted by Crippen LogP contribution is 2.19. The van der Waals surface area contributed by atoms with E-state index in [9.17, 15) is 4.79 Å². The molecule has 2 rings (SSSR count). The molecule has 1 aliphatic heterocycles. The van der Waals surface area contributed by atoms with Crippen molar-refractivity contribution in [3.8, 4) is 0 Å². The third kappa shape index (κ3) is 4.67. The molecule has 21 heavy (non-hydrogen) atoms. The largest absolute Gasteiger partial charge is 0.385 e. The lowest BCUT2D eigenvalue weighted by Gasteiger charge is -2.30. The van der Waals surface area contributed by atoms with Gasteiger partial charge in [-0.2, -0.15) is 0 Å². The number of ether oxygens (including phenoxy) is 1. The van der Waals surface area contributed by atoms with Crippen LogP contribution in [0.25, 0.3) is 0 Å². The Labute approximate surface area is 125 Å². The molecule has 6 heteroatoms. The van der Waals surface area contributed by atoms with E-state index < -0.39 is 0 Å². The van der Waals surface area contributed by atoms with E-state index in [2.05, 4.69) is 27.1 Å². The topological polar surface area (TPSA) is 67.3 Å². The molecule has 0 bridgehead atoms. The Morgan fingerprint density at radius 3 is 2.90 bits per heavy atom. The summed E-state index contributed by atoms with van der Waals surface area (Å²) in [6, 6.07) is 0. The van der Waals surface area contributed by atoms with Gasteiger partial charge in [0.25, 0.3) is 5.91 Å². The van der Waals surface area contributed by atoms with Crippen LogP contribution >= 0.6 is 0 Å². The highest BCUT2D eigenvalue weighted by Gasteiger charge is 2.18. The number of hydrogen-bond acceptors (Lipinski definition) is 5. The van der Waals surface area contributed by atoms with Crippen LogP contribution in [0.4, 0.5) is 5.95 Å². The molecule has 0 spiro atoms. The van der Waals surface area contributed by atoms with E-state index in [1.165, 1.54) is 12.8 Å². The first-order valence-corrected chi connectivity index (χ1v) is 7.55. The molecule has 6 nitrogen and oxygen atoms in total. The monoisotopic (exact) mass is 292 g/mol. The van der Waals surface area contributed by atoms with Gasteiger partial charge in [0, 0.05) is 45.7 Å². The highest BCUT2D eigenvalue weighted by atomic mass is 16.5. The summed E-state index contributed by atoms with van der Waals surface area (Å²) in [5, 5.41) is 2.83. The van der Waals surface area contributed by atoms with Crippen LogP contribution in [0.3, 0.4) is 0 Å². The average Bonchev–Trinajstić information content (AvgIpc) is 2.51. The number of hydrogen-bond donors (Lipinski definition) is 1. The van der Waals surface area contributed by atoms with Gasteiger partial charge in [0.15, 0.2) is 0 Å². The van der Waals surface area contributed by atoms with Gasteiger partial charge in [-0.15, -0.1) is 0 Å². The van der Waals surface area contributed by atoms with Crippen molar-refractivity contribution in [2.75, 3.05) is 38.3 Å². The summed E-state index contributed by atoms with van der Waals surface area (Å²) in [5.41, 5.74) is 0.501. The maximum atomic E-state index is 11.9. The smallest absolute Gasteiger partial charge is 0.254 e. The van der Waals surface area contributed by atoms with E-state index >= 15 is 0 Å². The number of anilines is 1. The molecule has 1 aromatic heterocycles. The van der Waals surface area contributed by atoms with Crippen molar-refractivity contribution in [1.29, 1.82) is 0 Å². The maximum absolute atomic E-state index is 11.9. The van der Waals surface area contributed by atoms with Crippen molar-refractivity contribution < 1.29 is 9.53 Å². The predicted molar refractivity (Wildman–Crippen MR) is 81.5 cm³/mol. The first-order valence-electron chi connectivity index (χ1n) is 7.55. The van der Waals surface area contributed by atoms with Gasteiger partial charge in [-0.05, 0) is 25.2 Å². The number of nitrogens with one attached hydrogen (secondary N) is 1. The van der Waals surface area contributed by atoms with E-state index in [0.717, 1.165) is 25.5 Å². The Hall–Kier alpha value is -1.69. The third-order valence-electron chi connectivity index (χ3n) is 3.65. The summed E-state index contributed by atoms with van der Waals surface area (Å²) >= 11 is 0. The normalized spacial score (nSPS) is 18.6. The molecule has 1 unspecified atom stereocenters. The summed E-state index contributed by atoms with van der Waals surface area (Å²) in [4.78, 5) is 22.8. The third-order valence-corrected chi connectivity index (χ3v) is 3.65. The van der Waals surface area contributed by atoms with Crippen LogP contribution < -0.4 is 10.2 Å². The van der Waals surface area contributed by atoms with Crippen LogP contribution in [-0.4, -0.2) is 49.2 Å². The molecule has 0 aromatic carbocycles. The molecular weight excluding hydrogens is 268 g/mol. The highest BCUT2D eigenvalue weighted by molar-refractivity contribution is 5.93. The minimum atomic E-state index is -0.135. The van der Waals surface area contributed by atoms with Crippen LogP contribution in [0.5, 0.6) is 0 Å². The Kier molecular flexibility index (Phi) is 5.92. The van der Waals surface area contributed by atoms with Crippen LogP contribution in [0.1, 0.15) is 36.5 Å². The van der Waals surface area contributed by atoms with Gasteiger partial charge in [0.1, 0.15) is 0 Å². The van der Waals surface area contributed by atoms with Crippen molar-refractivity contribution in [3.63, 3.8) is 0 Å². The maximum Gasteiger partial charge on any atom is 0.254 e. The molecule has 1 atom stereocenters. The summed E-state index contributed by atoms with van der Waals surface area (Å²) < 4.78 is 4.94. The fourth-order valence-electron chi connectivity index (χ4n) is 2.49. The minimum Gasteiger partial charge on any atom is -0.385 e. The van der Waals surface area contributed by atoms with E-state index in [-0.39, 0.29) is 5.91 Å². The van der Waals surface area contributed by atoms with Gasteiger partial charge in [-0.3, -0.25) is 4.79 Å². The quantitative estimate of drug-likeness (QED) is 0.804. The van der Waals surface area contributed by atoms with Crippen molar-refractivity contribution >= 4 is 11.9 Å². The standard InChI is InChI=1S/C15H24N4O2/c1-12-5-3-7-19(11-12)15-17-9-13(10-18-15)14(20)16-6-4-8-21-2/h9-10,12H,3-8,11H2,1-2H3,(H,16,20). The van der Waals surface area contributed by atoms with Gasteiger partial charge in [-0.25, -0.2) is 9.97 Å². The van der Waals surface area contributed by atoms with Crippen molar-refractivity contribution in [2.45, 2.75) is 26.2 Å². The van der Waals surface area contributed by atoms with E-state index in [1.807, 2.05) is 0 Å². The van der Waals surface area contributed by atoms with E-state index in [4.69, 9.17) is 4.74 Å². The second-order valence-electron chi connectivity index (χ2n) is 5.57. The van der Waals surface area contributed by atoms with Gasteiger partial charge < -0.3 is 15.0 Å². The van der Waals surface area contributed by atoms with Crippen LogP contribution in [0.2, 0.25) is 0 Å². The zero-order chi connectivity index (χ0) is 15.1. The SMILES string of the molecule is COCCCNC(=O)c1cnc(N2CCCC(C)C2)nc1. The van der Waals surface area contributed by atoms with Crippen molar-refractivity contribution in [3.05, 3.63) is 18.0 Å². The molecule has 0 aliphatic carbocycles. The number of nitrogens with zero attached hydrogens (tertiary/aromatic N) is 3. The van der Waals surface area contributed by atoms with Crippen LogP contribution in [-0.2, 0) is 4.74 Å². The van der Waals surface area contributed by atoms with Gasteiger partial charge >= 0.3 is 0 Å². The van der Waals surface area contributed by atoms with E-state index in [0.29, 0.717) is 24.6 Å². The number of amides is 1. The first kappa shape index (κ1) is 15.7. The number of piperidine rings is 1. The average molecular weight is 292 g/mol. The second-order valence-corrected chi connectivity index (χ2v) is 5.57. The van der Waals surface area contributed by atoms with Crippen molar-refractivity contribution in [2.24, 2.45) is 5.92 Å². The molecule has 1 fully saturated rings. The molecule has 1 N–H and O–H groups in total. The zero-order valence-corrected chi connectivity index (χ0v) is 12.8. The fourth-order valence-corrected chi connectivity index (χ4v) is 2.49. The lowest BCUT2D eigenvalue weighted by molar-refractivity contribution is 0.0948. The second kappa shape index (κ2) is 7.93. The van der Waals surface area contributed by atoms with E-state index in [1.54, 1.807) is 19.5 Å². The molecule has 116 valence electrons. The van der Waals surface area contributed by atoms with Gasteiger partial charge in [-0.1, -0.05) is 6.92 Å². The van der Waals surface area contributed by atoms with Crippen LogP contribution in [0, 0.1) is 5.92 Å². The number of rotatable bonds is 6. The summed E-state index contributed by atoms with van der Waals surface area (Å²) in [7, 11) is 1.65. The summed E-state index contributed by atoms with van der Waals surface area (Å²) in [6.07, 6.45) is 6.44. The molecule has 1 aromatic rings. The minimum absolute atomic E-state index is 0.135. The van der Waals surface area contributed by atoms with Crippen molar-refractivity contribution in [1.82, 2.24) is 15.3 Å². The number of methoxy groups -OCH3 is 1. The number of carbonyl (C=O) groups is 1. The zero-order valence-electron chi connectivity index (χ0n) is 12.8. The lowest BCUT2D eigenvalue weighted by atomic mass is 10.0. The Morgan fingerprint density at radius 2 is 2.24 bits per heavy atom. The number of aromatic nitrogens is 2. The molecule has 0 saturated carbocycles. The van der Waals surface area contributed by atoms with Crippen LogP contribution in [0.15, 0.2) is 12.4 Å². The Bertz CT molecular complexity index is 449. The molecule has 2 heterocycles. The number of carbonyl (C=O) groups excluding carboxylic acids is 1. The molecule has 1 aliphatic rings. The molecular formula is C15H24N4O2. The Morgan fingerprint density at radius 1 is 1.48 bits per heavy atom. The molecule has 1 saturated heterocycles.